The topological polar surface area (TPSA) is 111 Å². The van der Waals surface area contributed by atoms with E-state index in [0.29, 0.717) is 23.9 Å². The van der Waals surface area contributed by atoms with Crippen molar-refractivity contribution < 1.29 is 42.9 Å². The predicted molar refractivity (Wildman–Crippen MR) is 407 cm³/mol. The summed E-state index contributed by atoms with van der Waals surface area (Å²) in [6.45, 7) is 4.57. The maximum atomic E-state index is 13.0. The first-order chi connectivity index (χ1) is 46.6. The van der Waals surface area contributed by atoms with Gasteiger partial charge in [0.25, 0.3) is 0 Å². The Balaban J connectivity index is 3.99. The van der Waals surface area contributed by atoms with E-state index in [1.165, 1.54) is 238 Å². The van der Waals surface area contributed by atoms with Gasteiger partial charge in [0.2, 0.25) is 0 Å². The molecular weight excluding hydrogens is 1170 g/mol. The molecule has 0 aliphatic rings. The Hall–Kier alpha value is -4.05. The number of nitrogens with zero attached hydrogens (tertiary/aromatic N) is 1. The molecule has 95 heavy (non-hydrogen) atoms. The van der Waals surface area contributed by atoms with E-state index in [1.807, 2.05) is 21.1 Å². The normalized spacial score (nSPS) is 13.2. The molecule has 0 saturated carbocycles. The fraction of sp³-hybridized carbons (Fsp3) is 0.756. The Morgan fingerprint density at radius 3 is 0.842 bits per heavy atom. The van der Waals surface area contributed by atoms with Crippen molar-refractivity contribution >= 4 is 17.9 Å². The van der Waals surface area contributed by atoms with Crippen LogP contribution >= 0.6 is 0 Å². The van der Waals surface area contributed by atoms with E-state index in [4.69, 9.17) is 18.9 Å². The highest BCUT2D eigenvalue weighted by Crippen LogP contribution is 2.19. The lowest BCUT2D eigenvalue weighted by Gasteiger charge is -2.26. The Morgan fingerprint density at radius 2 is 0.568 bits per heavy atom. The standard InChI is InChI=1S/C86H151NO8/c1-6-8-10-12-14-16-18-20-22-24-26-28-30-32-34-36-38-40-41-42-43-45-46-48-50-52-54-56-58-60-62-64-66-68-70-72-74-76-83(88)93-80-82(81-94-86(85(90)91)92-79-78-87(3,4)5)95-84(89)77-75-73-71-69-67-65-63-61-59-57-55-53-51-49-47-44-39-37-35-33-31-29-27-25-23-21-19-17-15-13-11-9-7-2/h8-11,14-17,20-23,26-29,33,35,82,86H,6-7,12-13,18-19,24-25,30-32,34,36-81H2,1-5H3/b10-8-,11-9-,16-14-,17-15-,22-20-,23-21-,28-26-,29-27-,35-33-. The van der Waals surface area contributed by atoms with Crippen LogP contribution in [0.1, 0.15) is 361 Å². The summed E-state index contributed by atoms with van der Waals surface area (Å²) in [5.41, 5.74) is 0. The number of unbranched alkanes of at least 4 members (excludes halogenated alkanes) is 41. The second kappa shape index (κ2) is 75.7. The second-order valence-corrected chi connectivity index (χ2v) is 27.9. The van der Waals surface area contributed by atoms with Crippen LogP contribution < -0.4 is 5.11 Å². The van der Waals surface area contributed by atoms with Gasteiger partial charge in [-0.05, 0) is 96.3 Å². The van der Waals surface area contributed by atoms with E-state index in [0.717, 1.165) is 89.9 Å². The van der Waals surface area contributed by atoms with Crippen LogP contribution in [-0.4, -0.2) is 82.3 Å². The number of hydrogen-bond donors (Lipinski definition) is 0. The maximum Gasteiger partial charge on any atom is 0.306 e. The number of aliphatic carboxylic acids is 1. The zero-order valence-electron chi connectivity index (χ0n) is 62.8. The number of carboxylic acid groups (broad SMARTS) is 1. The van der Waals surface area contributed by atoms with Crippen molar-refractivity contribution in [3.05, 3.63) is 109 Å². The largest absolute Gasteiger partial charge is 0.545 e. The van der Waals surface area contributed by atoms with E-state index in [1.54, 1.807) is 0 Å². The number of carboxylic acids is 1. The van der Waals surface area contributed by atoms with Crippen molar-refractivity contribution in [3.63, 3.8) is 0 Å². The van der Waals surface area contributed by atoms with Gasteiger partial charge in [0.15, 0.2) is 12.4 Å². The lowest BCUT2D eigenvalue weighted by Crippen LogP contribution is -2.44. The fourth-order valence-corrected chi connectivity index (χ4v) is 11.5. The van der Waals surface area contributed by atoms with Crippen LogP contribution in [0.15, 0.2) is 109 Å². The summed E-state index contributed by atoms with van der Waals surface area (Å²) in [5.74, 6) is -2.26. The van der Waals surface area contributed by atoms with Crippen molar-refractivity contribution in [2.24, 2.45) is 0 Å². The van der Waals surface area contributed by atoms with Gasteiger partial charge < -0.3 is 33.3 Å². The van der Waals surface area contributed by atoms with Crippen LogP contribution in [-0.2, 0) is 33.3 Å². The first kappa shape index (κ1) is 91.0. The highest BCUT2D eigenvalue weighted by atomic mass is 16.7. The molecule has 0 amide bonds. The third-order valence-electron chi connectivity index (χ3n) is 17.5. The summed E-state index contributed by atoms with van der Waals surface area (Å²) in [6.07, 6.45) is 104. The lowest BCUT2D eigenvalue weighted by molar-refractivity contribution is -0.870. The zero-order valence-corrected chi connectivity index (χ0v) is 62.8. The van der Waals surface area contributed by atoms with Crippen molar-refractivity contribution in [3.8, 4) is 0 Å². The number of likely N-dealkylation sites (N-methyl/N-ethyl adjacent to an activating group) is 1. The molecule has 0 aliphatic heterocycles. The molecule has 0 saturated heterocycles. The van der Waals surface area contributed by atoms with Gasteiger partial charge in [-0.3, -0.25) is 9.59 Å². The van der Waals surface area contributed by atoms with E-state index in [-0.39, 0.29) is 32.2 Å². The van der Waals surface area contributed by atoms with Crippen molar-refractivity contribution in [1.82, 2.24) is 0 Å². The van der Waals surface area contributed by atoms with Gasteiger partial charge in [0.1, 0.15) is 13.2 Å². The summed E-state index contributed by atoms with van der Waals surface area (Å²) in [7, 11) is 5.94. The maximum absolute atomic E-state index is 13.0. The number of hydrogen-bond acceptors (Lipinski definition) is 8. The molecular formula is C86H151NO8. The first-order valence-corrected chi connectivity index (χ1v) is 40.0. The molecule has 0 aromatic carbocycles. The molecule has 0 fully saturated rings. The molecule has 9 heteroatoms. The molecule has 0 radical (unpaired) electrons. The van der Waals surface area contributed by atoms with E-state index < -0.39 is 24.3 Å². The molecule has 0 aromatic heterocycles. The molecule has 0 rings (SSSR count). The fourth-order valence-electron chi connectivity index (χ4n) is 11.5. The van der Waals surface area contributed by atoms with E-state index in [2.05, 4.69) is 123 Å². The lowest BCUT2D eigenvalue weighted by atomic mass is 10.0. The van der Waals surface area contributed by atoms with Crippen LogP contribution in [0.25, 0.3) is 0 Å². The van der Waals surface area contributed by atoms with Crippen molar-refractivity contribution in [2.75, 3.05) is 47.5 Å². The van der Waals surface area contributed by atoms with Gasteiger partial charge in [-0.1, -0.05) is 361 Å². The molecule has 0 aromatic rings. The minimum absolute atomic E-state index is 0.147. The average Bonchev–Trinajstić information content (AvgIpc) is 3.75. The smallest absolute Gasteiger partial charge is 0.306 e. The molecule has 0 bridgehead atoms. The van der Waals surface area contributed by atoms with Crippen LogP contribution in [0.2, 0.25) is 0 Å². The number of rotatable bonds is 74. The molecule has 2 atom stereocenters. The van der Waals surface area contributed by atoms with Gasteiger partial charge in [-0.2, -0.15) is 0 Å². The van der Waals surface area contributed by atoms with Gasteiger partial charge >= 0.3 is 11.9 Å². The number of quaternary nitrogens is 1. The molecule has 9 nitrogen and oxygen atoms in total. The first-order valence-electron chi connectivity index (χ1n) is 40.0. The van der Waals surface area contributed by atoms with Crippen molar-refractivity contribution in [2.45, 2.75) is 373 Å². The van der Waals surface area contributed by atoms with Crippen LogP contribution in [0, 0.1) is 0 Å². The third kappa shape index (κ3) is 77.2. The zero-order chi connectivity index (χ0) is 69.0. The number of allylic oxidation sites excluding steroid dienone is 18. The second-order valence-electron chi connectivity index (χ2n) is 27.9. The van der Waals surface area contributed by atoms with Crippen LogP contribution in [0.5, 0.6) is 0 Å². The molecule has 0 heterocycles. The Kier molecular flexibility index (Phi) is 72.5. The number of ether oxygens (including phenoxy) is 4. The van der Waals surface area contributed by atoms with Gasteiger partial charge in [-0.15, -0.1) is 0 Å². The average molecular weight is 1330 g/mol. The number of carbonyl (C=O) groups is 3. The summed E-state index contributed by atoms with van der Waals surface area (Å²) < 4.78 is 22.9. The SMILES string of the molecule is CC/C=C\C/C=C\C/C=C\C/C=C\C/C=C\CCCCCCCCCCCCCCCCCCCC(=O)OC(COC(=O)CCCCCCCCCCCCCCCCCCCCCCCCCC/C=C\C/C=C\C/C=C\C/C=C\CC)COC(OCC[N+](C)(C)C)C(=O)[O-]. The number of carbonyl (C=O) groups excluding carboxylic acids is 3. The molecule has 548 valence electrons. The highest BCUT2D eigenvalue weighted by molar-refractivity contribution is 5.70. The molecule has 0 aliphatic carbocycles. The van der Waals surface area contributed by atoms with E-state index >= 15 is 0 Å². The minimum Gasteiger partial charge on any atom is -0.545 e. The quantitative estimate of drug-likeness (QED) is 0.0195. The van der Waals surface area contributed by atoms with Crippen LogP contribution in [0.3, 0.4) is 0 Å². The summed E-state index contributed by atoms with van der Waals surface area (Å²) >= 11 is 0. The monoisotopic (exact) mass is 1330 g/mol. The van der Waals surface area contributed by atoms with E-state index in [9.17, 15) is 19.5 Å². The van der Waals surface area contributed by atoms with Gasteiger partial charge in [0.05, 0.1) is 40.3 Å². The Bertz CT molecular complexity index is 1930. The summed E-state index contributed by atoms with van der Waals surface area (Å²) in [6, 6.07) is 0. The van der Waals surface area contributed by atoms with Gasteiger partial charge in [0, 0.05) is 12.8 Å². The Labute approximate surface area is 587 Å². The molecule has 0 spiro atoms. The van der Waals surface area contributed by atoms with Gasteiger partial charge in [-0.25, -0.2) is 0 Å². The number of esters is 2. The minimum atomic E-state index is -1.62. The highest BCUT2D eigenvalue weighted by Gasteiger charge is 2.22. The predicted octanol–water partition coefficient (Wildman–Crippen LogP) is 24.4. The van der Waals surface area contributed by atoms with Crippen LogP contribution in [0.4, 0.5) is 0 Å². The Morgan fingerprint density at radius 1 is 0.316 bits per heavy atom. The van der Waals surface area contributed by atoms with Crippen molar-refractivity contribution in [1.29, 1.82) is 0 Å². The third-order valence-corrected chi connectivity index (χ3v) is 17.5. The molecule has 0 N–H and O–H groups in total. The summed E-state index contributed by atoms with van der Waals surface area (Å²) in [4.78, 5) is 37.6. The summed E-state index contributed by atoms with van der Waals surface area (Å²) in [5, 5.41) is 11.9. The molecule has 2 unspecified atom stereocenters.